The highest BCUT2D eigenvalue weighted by molar-refractivity contribution is 6.07. The maximum Gasteiger partial charge on any atom is 0.147 e. The molecular formula is C10H12O3. The van der Waals surface area contributed by atoms with E-state index in [1.54, 1.807) is 0 Å². The van der Waals surface area contributed by atoms with Crippen LogP contribution in [0.15, 0.2) is 11.8 Å². The van der Waals surface area contributed by atoms with Crippen LogP contribution in [0, 0.1) is 11.8 Å². The maximum absolute atomic E-state index is 11.5. The van der Waals surface area contributed by atoms with Crippen molar-refractivity contribution in [3.05, 3.63) is 11.8 Å². The molecule has 0 bridgehead atoms. The lowest BCUT2D eigenvalue weighted by Gasteiger charge is -2.20. The van der Waals surface area contributed by atoms with E-state index in [0.29, 0.717) is 11.5 Å². The molecule has 0 spiro atoms. The fourth-order valence-electron chi connectivity index (χ4n) is 1.96. The van der Waals surface area contributed by atoms with Crippen molar-refractivity contribution in [1.29, 1.82) is 0 Å². The first-order chi connectivity index (χ1) is 6.22. The van der Waals surface area contributed by atoms with E-state index in [4.69, 9.17) is 5.11 Å². The van der Waals surface area contributed by atoms with Crippen molar-refractivity contribution < 1.29 is 14.7 Å². The number of aliphatic hydroxyl groups is 1. The van der Waals surface area contributed by atoms with Gasteiger partial charge in [0.15, 0.2) is 0 Å². The van der Waals surface area contributed by atoms with Crippen molar-refractivity contribution >= 4 is 11.6 Å². The van der Waals surface area contributed by atoms with Crippen LogP contribution in [0.4, 0.5) is 0 Å². The molecule has 1 N–H and O–H groups in total. The van der Waals surface area contributed by atoms with E-state index in [1.165, 1.54) is 0 Å². The Bertz CT molecular complexity index is 267. The van der Waals surface area contributed by atoms with E-state index in [2.05, 4.69) is 0 Å². The van der Waals surface area contributed by atoms with Gasteiger partial charge in [-0.15, -0.1) is 0 Å². The van der Waals surface area contributed by atoms with E-state index >= 15 is 0 Å². The summed E-state index contributed by atoms with van der Waals surface area (Å²) in [5.41, 5.74) is 0.562. The molecule has 0 unspecified atom stereocenters. The zero-order valence-corrected chi connectivity index (χ0v) is 7.32. The van der Waals surface area contributed by atoms with E-state index in [-0.39, 0.29) is 30.3 Å². The highest BCUT2D eigenvalue weighted by Gasteiger charge is 2.43. The smallest absolute Gasteiger partial charge is 0.147 e. The van der Waals surface area contributed by atoms with Gasteiger partial charge in [0.1, 0.15) is 11.6 Å². The monoisotopic (exact) mass is 180 g/mol. The van der Waals surface area contributed by atoms with Crippen LogP contribution in [-0.2, 0) is 9.59 Å². The van der Waals surface area contributed by atoms with Crippen molar-refractivity contribution in [2.75, 3.05) is 0 Å². The predicted molar refractivity (Wildman–Crippen MR) is 46.2 cm³/mol. The first kappa shape index (κ1) is 8.48. The highest BCUT2D eigenvalue weighted by atomic mass is 16.2. The van der Waals surface area contributed by atoms with Crippen molar-refractivity contribution in [3.8, 4) is 0 Å². The summed E-state index contributed by atoms with van der Waals surface area (Å²) in [4.78, 5) is 23.0. The summed E-state index contributed by atoms with van der Waals surface area (Å²) in [6.07, 6.45) is 3.46. The van der Waals surface area contributed by atoms with Gasteiger partial charge in [-0.05, 0) is 24.3 Å². The van der Waals surface area contributed by atoms with Gasteiger partial charge in [-0.25, -0.2) is 0 Å². The number of rotatable bonds is 1. The molecule has 3 heteroatoms. The lowest BCUT2D eigenvalue weighted by Crippen LogP contribution is -2.31. The highest BCUT2D eigenvalue weighted by Crippen LogP contribution is 2.41. The largest absolute Gasteiger partial charge is 0.516 e. The van der Waals surface area contributed by atoms with Crippen LogP contribution in [0.2, 0.25) is 0 Å². The van der Waals surface area contributed by atoms with Gasteiger partial charge < -0.3 is 5.11 Å². The van der Waals surface area contributed by atoms with Crippen LogP contribution in [0.1, 0.15) is 25.7 Å². The van der Waals surface area contributed by atoms with Crippen LogP contribution in [0.25, 0.3) is 0 Å². The first-order valence-electron chi connectivity index (χ1n) is 4.60. The lowest BCUT2D eigenvalue weighted by molar-refractivity contribution is -0.134. The Morgan fingerprint density at radius 2 is 1.69 bits per heavy atom. The van der Waals surface area contributed by atoms with Crippen molar-refractivity contribution in [3.63, 3.8) is 0 Å². The second-order valence-electron chi connectivity index (χ2n) is 3.89. The fraction of sp³-hybridized carbons (Fsp3) is 0.600. The molecule has 2 aliphatic rings. The molecule has 3 nitrogen and oxygen atoms in total. The van der Waals surface area contributed by atoms with Crippen LogP contribution < -0.4 is 0 Å². The second-order valence-corrected chi connectivity index (χ2v) is 3.89. The average Bonchev–Trinajstić information content (AvgIpc) is 2.87. The molecule has 0 radical (unpaired) electrons. The maximum atomic E-state index is 11.5. The van der Waals surface area contributed by atoms with E-state index < -0.39 is 0 Å². The Labute approximate surface area is 76.4 Å². The normalized spacial score (nSPS) is 29.2. The standard InChI is InChI=1S/C10H12O3/c11-5-6-3-8(12)10(7-1-2-7)9(13)4-6/h5,7,10-11H,1-4H2. The number of carbonyl (C=O) groups excluding carboxylic acids is 2. The third-order valence-corrected chi connectivity index (χ3v) is 2.77. The van der Waals surface area contributed by atoms with E-state index in [1.807, 2.05) is 0 Å². The minimum atomic E-state index is -0.344. The molecule has 13 heavy (non-hydrogen) atoms. The van der Waals surface area contributed by atoms with Gasteiger partial charge in [0.05, 0.1) is 12.2 Å². The molecule has 0 aromatic rings. The molecule has 0 aromatic heterocycles. The molecule has 0 heterocycles. The molecule has 0 atom stereocenters. The fourth-order valence-corrected chi connectivity index (χ4v) is 1.96. The summed E-state index contributed by atoms with van der Waals surface area (Å²) >= 11 is 0. The SMILES string of the molecule is O=C1CC(=CO)CC(=O)C1C1CC1. The van der Waals surface area contributed by atoms with Crippen LogP contribution in [0.3, 0.4) is 0 Å². The number of aliphatic hydroxyl groups excluding tert-OH is 1. The summed E-state index contributed by atoms with van der Waals surface area (Å²) < 4.78 is 0. The first-order valence-corrected chi connectivity index (χ1v) is 4.60. The van der Waals surface area contributed by atoms with Crippen LogP contribution in [0.5, 0.6) is 0 Å². The van der Waals surface area contributed by atoms with Crippen molar-refractivity contribution in [2.45, 2.75) is 25.7 Å². The van der Waals surface area contributed by atoms with E-state index in [9.17, 15) is 9.59 Å². The van der Waals surface area contributed by atoms with Crippen LogP contribution >= 0.6 is 0 Å². The Hall–Kier alpha value is -1.12. The Morgan fingerprint density at radius 3 is 2.08 bits per heavy atom. The number of hydrogen-bond acceptors (Lipinski definition) is 3. The average molecular weight is 180 g/mol. The van der Waals surface area contributed by atoms with Crippen molar-refractivity contribution in [2.24, 2.45) is 11.8 Å². The quantitative estimate of drug-likeness (QED) is 0.490. The number of hydrogen-bond donors (Lipinski definition) is 1. The number of ketones is 2. The summed E-state index contributed by atoms with van der Waals surface area (Å²) in [6, 6.07) is 0. The number of Topliss-reactive ketones (excluding diaryl/α,β-unsaturated/α-hetero) is 2. The molecule has 2 rings (SSSR count). The van der Waals surface area contributed by atoms with Gasteiger partial charge in [-0.2, -0.15) is 0 Å². The molecule has 2 fully saturated rings. The zero-order chi connectivity index (χ0) is 9.42. The Kier molecular flexibility index (Phi) is 1.94. The van der Waals surface area contributed by atoms with Crippen molar-refractivity contribution in [1.82, 2.24) is 0 Å². The third-order valence-electron chi connectivity index (χ3n) is 2.77. The molecule has 0 aliphatic heterocycles. The molecular weight excluding hydrogens is 168 g/mol. The Balaban J connectivity index is 2.14. The number of allylic oxidation sites excluding steroid dienone is 1. The number of carbonyl (C=O) groups is 2. The molecule has 70 valence electrons. The molecule has 0 saturated heterocycles. The van der Waals surface area contributed by atoms with Gasteiger partial charge >= 0.3 is 0 Å². The summed E-state index contributed by atoms with van der Waals surface area (Å²) in [6.45, 7) is 0. The van der Waals surface area contributed by atoms with Gasteiger partial charge in [-0.3, -0.25) is 9.59 Å². The van der Waals surface area contributed by atoms with E-state index in [0.717, 1.165) is 19.1 Å². The van der Waals surface area contributed by atoms with Gasteiger partial charge in [0.2, 0.25) is 0 Å². The Morgan fingerprint density at radius 1 is 1.15 bits per heavy atom. The third kappa shape index (κ3) is 1.50. The van der Waals surface area contributed by atoms with Crippen LogP contribution in [-0.4, -0.2) is 16.7 Å². The molecule has 2 aliphatic carbocycles. The zero-order valence-electron chi connectivity index (χ0n) is 7.32. The summed E-state index contributed by atoms with van der Waals surface area (Å²) in [5.74, 6) is -0.0259. The predicted octanol–water partition coefficient (Wildman–Crippen LogP) is 1.39. The minimum absolute atomic E-state index is 0.000880. The minimum Gasteiger partial charge on any atom is -0.516 e. The summed E-state index contributed by atoms with van der Waals surface area (Å²) in [7, 11) is 0. The summed E-state index contributed by atoms with van der Waals surface area (Å²) in [5, 5.41) is 8.70. The molecule has 0 amide bonds. The van der Waals surface area contributed by atoms with Gasteiger partial charge in [0.25, 0.3) is 0 Å². The van der Waals surface area contributed by atoms with Gasteiger partial charge in [-0.1, -0.05) is 0 Å². The second kappa shape index (κ2) is 2.98. The molecule has 0 aromatic carbocycles. The topological polar surface area (TPSA) is 54.4 Å². The van der Waals surface area contributed by atoms with Gasteiger partial charge in [0, 0.05) is 12.8 Å². The molecule has 2 saturated carbocycles. The lowest BCUT2D eigenvalue weighted by atomic mass is 9.81.